The Labute approximate surface area is 73.7 Å². The van der Waals surface area contributed by atoms with Crippen LogP contribution in [0.15, 0.2) is 0 Å². The van der Waals surface area contributed by atoms with Crippen LogP contribution in [0.5, 0.6) is 0 Å². The lowest BCUT2D eigenvalue weighted by Gasteiger charge is -2.27. The Hall–Kier alpha value is -0.590. The molecule has 0 aliphatic carbocycles. The zero-order chi connectivity index (χ0) is 9.03. The predicted octanol–water partition coefficient (Wildman–Crippen LogP) is 1.06. The van der Waals surface area contributed by atoms with Crippen LogP contribution in [0.4, 0.5) is 0 Å². The zero-order valence-electron chi connectivity index (χ0n) is 7.76. The molecule has 0 saturated carbocycles. The van der Waals surface area contributed by atoms with Crippen molar-refractivity contribution in [2.45, 2.75) is 38.3 Å². The summed E-state index contributed by atoms with van der Waals surface area (Å²) in [5.41, 5.74) is 0.0935. The number of hydrogen-bond acceptors (Lipinski definition) is 3. The van der Waals surface area contributed by atoms with E-state index in [-0.39, 0.29) is 11.6 Å². The summed E-state index contributed by atoms with van der Waals surface area (Å²) in [5, 5.41) is 11.9. The first kappa shape index (κ1) is 9.50. The molecule has 12 heavy (non-hydrogen) atoms. The lowest BCUT2D eigenvalue weighted by atomic mass is 10.00. The summed E-state index contributed by atoms with van der Waals surface area (Å²) in [6.45, 7) is 5.78. The van der Waals surface area contributed by atoms with E-state index in [9.17, 15) is 0 Å². The highest BCUT2D eigenvalue weighted by Gasteiger charge is 2.30. The first-order chi connectivity index (χ1) is 5.66. The van der Waals surface area contributed by atoms with Crippen LogP contribution in [0.3, 0.4) is 0 Å². The molecule has 1 saturated heterocycles. The largest absolute Gasteiger partial charge is 0.379 e. The van der Waals surface area contributed by atoms with E-state index in [2.05, 4.69) is 18.3 Å². The Kier molecular flexibility index (Phi) is 3.07. The van der Waals surface area contributed by atoms with Gasteiger partial charge in [-0.15, -0.1) is 0 Å². The highest BCUT2D eigenvalue weighted by atomic mass is 16.5. The topological polar surface area (TPSA) is 45.0 Å². The van der Waals surface area contributed by atoms with Crippen LogP contribution in [0.1, 0.15) is 26.7 Å². The summed E-state index contributed by atoms with van der Waals surface area (Å²) in [6.07, 6.45) is 1.61. The molecule has 1 heterocycles. The fourth-order valence-corrected chi connectivity index (χ4v) is 1.56. The Balaban J connectivity index is 2.34. The number of nitriles is 1. The number of nitrogens with zero attached hydrogens (tertiary/aromatic N) is 1. The van der Waals surface area contributed by atoms with Gasteiger partial charge in [0.05, 0.1) is 19.1 Å². The standard InChI is InChI=1S/C9H16N2O/c1-8(3-5-10)11-9(2)4-6-12-7-9/h8,11H,3-4,6-7H2,1-2H3. The Morgan fingerprint density at radius 3 is 3.00 bits per heavy atom. The molecule has 68 valence electrons. The van der Waals surface area contributed by atoms with Crippen LogP contribution in [-0.2, 0) is 4.74 Å². The van der Waals surface area contributed by atoms with Crippen molar-refractivity contribution in [1.82, 2.24) is 5.32 Å². The molecule has 2 atom stereocenters. The van der Waals surface area contributed by atoms with Gasteiger partial charge in [0.15, 0.2) is 0 Å². The molecule has 0 spiro atoms. The molecule has 1 aliphatic rings. The molecule has 0 aromatic carbocycles. The molecule has 3 heteroatoms. The molecule has 0 amide bonds. The molecule has 0 radical (unpaired) electrons. The average Bonchev–Trinajstić information content (AvgIpc) is 2.36. The van der Waals surface area contributed by atoms with Crippen molar-refractivity contribution < 1.29 is 4.74 Å². The molecule has 1 fully saturated rings. The highest BCUT2D eigenvalue weighted by Crippen LogP contribution is 2.18. The fraction of sp³-hybridized carbons (Fsp3) is 0.889. The summed E-state index contributed by atoms with van der Waals surface area (Å²) in [5.74, 6) is 0. The molecule has 0 aromatic heterocycles. The third kappa shape index (κ3) is 2.47. The van der Waals surface area contributed by atoms with E-state index in [1.807, 2.05) is 6.92 Å². The Morgan fingerprint density at radius 2 is 2.50 bits per heavy atom. The smallest absolute Gasteiger partial charge is 0.0646 e. The van der Waals surface area contributed by atoms with Crippen LogP contribution in [0, 0.1) is 11.3 Å². The molecule has 0 aromatic rings. The second-order valence-electron chi connectivity index (χ2n) is 3.77. The number of ether oxygens (including phenoxy) is 1. The first-order valence-corrected chi connectivity index (χ1v) is 4.39. The minimum atomic E-state index is 0.0935. The van der Waals surface area contributed by atoms with Gasteiger partial charge in [0, 0.05) is 18.2 Å². The summed E-state index contributed by atoms with van der Waals surface area (Å²) < 4.78 is 5.29. The Bertz CT molecular complexity index is 179. The minimum absolute atomic E-state index is 0.0935. The molecule has 1 aliphatic heterocycles. The quantitative estimate of drug-likeness (QED) is 0.685. The second kappa shape index (κ2) is 3.88. The maximum absolute atomic E-state index is 8.47. The minimum Gasteiger partial charge on any atom is -0.379 e. The van der Waals surface area contributed by atoms with Crippen molar-refractivity contribution in [1.29, 1.82) is 5.26 Å². The monoisotopic (exact) mass is 168 g/mol. The van der Waals surface area contributed by atoms with E-state index in [4.69, 9.17) is 10.00 Å². The van der Waals surface area contributed by atoms with Gasteiger partial charge in [-0.2, -0.15) is 5.26 Å². The van der Waals surface area contributed by atoms with Crippen LogP contribution >= 0.6 is 0 Å². The van der Waals surface area contributed by atoms with Crippen LogP contribution in [0.2, 0.25) is 0 Å². The molecular formula is C9H16N2O. The van der Waals surface area contributed by atoms with Gasteiger partial charge in [-0.1, -0.05) is 0 Å². The molecular weight excluding hydrogens is 152 g/mol. The molecule has 2 unspecified atom stereocenters. The van der Waals surface area contributed by atoms with E-state index in [0.29, 0.717) is 6.42 Å². The van der Waals surface area contributed by atoms with Crippen LogP contribution in [0.25, 0.3) is 0 Å². The number of rotatable bonds is 3. The first-order valence-electron chi connectivity index (χ1n) is 4.39. The van der Waals surface area contributed by atoms with Crippen molar-refractivity contribution in [2.24, 2.45) is 0 Å². The summed E-state index contributed by atoms with van der Waals surface area (Å²) in [6, 6.07) is 2.42. The molecule has 1 rings (SSSR count). The van der Waals surface area contributed by atoms with E-state index < -0.39 is 0 Å². The van der Waals surface area contributed by atoms with E-state index in [1.54, 1.807) is 0 Å². The van der Waals surface area contributed by atoms with Crippen molar-refractivity contribution in [3.63, 3.8) is 0 Å². The maximum atomic E-state index is 8.47. The number of hydrogen-bond donors (Lipinski definition) is 1. The molecule has 3 nitrogen and oxygen atoms in total. The van der Waals surface area contributed by atoms with Gasteiger partial charge in [-0.25, -0.2) is 0 Å². The van der Waals surface area contributed by atoms with Gasteiger partial charge >= 0.3 is 0 Å². The highest BCUT2D eigenvalue weighted by molar-refractivity contribution is 4.91. The number of nitrogens with one attached hydrogen (secondary N) is 1. The van der Waals surface area contributed by atoms with Crippen LogP contribution in [-0.4, -0.2) is 24.8 Å². The van der Waals surface area contributed by atoms with E-state index >= 15 is 0 Å². The van der Waals surface area contributed by atoms with Gasteiger partial charge in [-0.05, 0) is 20.3 Å². The third-order valence-corrected chi connectivity index (χ3v) is 2.21. The Morgan fingerprint density at radius 1 is 1.75 bits per heavy atom. The van der Waals surface area contributed by atoms with Gasteiger partial charge < -0.3 is 10.1 Å². The second-order valence-corrected chi connectivity index (χ2v) is 3.77. The predicted molar refractivity (Wildman–Crippen MR) is 46.7 cm³/mol. The summed E-state index contributed by atoms with van der Waals surface area (Å²) in [4.78, 5) is 0. The average molecular weight is 168 g/mol. The van der Waals surface area contributed by atoms with Crippen molar-refractivity contribution in [2.75, 3.05) is 13.2 Å². The lowest BCUT2D eigenvalue weighted by molar-refractivity contribution is 0.168. The van der Waals surface area contributed by atoms with Crippen molar-refractivity contribution in [3.8, 4) is 6.07 Å². The third-order valence-electron chi connectivity index (χ3n) is 2.21. The SMILES string of the molecule is CC(CC#N)NC1(C)CCOC1. The summed E-state index contributed by atoms with van der Waals surface area (Å²) >= 11 is 0. The van der Waals surface area contributed by atoms with Gasteiger partial charge in [-0.3, -0.25) is 0 Å². The van der Waals surface area contributed by atoms with Crippen molar-refractivity contribution >= 4 is 0 Å². The van der Waals surface area contributed by atoms with Gasteiger partial charge in [0.25, 0.3) is 0 Å². The lowest BCUT2D eigenvalue weighted by Crippen LogP contribution is -2.47. The van der Waals surface area contributed by atoms with E-state index in [1.165, 1.54) is 0 Å². The summed E-state index contributed by atoms with van der Waals surface area (Å²) in [7, 11) is 0. The molecule has 0 bridgehead atoms. The van der Waals surface area contributed by atoms with Crippen LogP contribution < -0.4 is 5.32 Å². The zero-order valence-corrected chi connectivity index (χ0v) is 7.76. The van der Waals surface area contributed by atoms with Gasteiger partial charge in [0.2, 0.25) is 0 Å². The normalized spacial score (nSPS) is 31.4. The maximum Gasteiger partial charge on any atom is 0.0646 e. The van der Waals surface area contributed by atoms with Crippen molar-refractivity contribution in [3.05, 3.63) is 0 Å². The molecule has 1 N–H and O–H groups in total. The fourth-order valence-electron chi connectivity index (χ4n) is 1.56. The van der Waals surface area contributed by atoms with E-state index in [0.717, 1.165) is 19.6 Å². The van der Waals surface area contributed by atoms with Gasteiger partial charge in [0.1, 0.15) is 0 Å².